The molecule has 0 unspecified atom stereocenters. The summed E-state index contributed by atoms with van der Waals surface area (Å²) in [6.45, 7) is 2.86. The molecule has 1 heterocycles. The summed E-state index contributed by atoms with van der Waals surface area (Å²) in [6, 6.07) is 17.0. The van der Waals surface area contributed by atoms with Crippen LogP contribution in [-0.2, 0) is 6.54 Å². The highest BCUT2D eigenvalue weighted by Crippen LogP contribution is 2.20. The molecule has 0 fully saturated rings. The zero-order valence-electron chi connectivity index (χ0n) is 14.9. The zero-order chi connectivity index (χ0) is 19.1. The highest BCUT2D eigenvalue weighted by molar-refractivity contribution is 5.93. The van der Waals surface area contributed by atoms with Crippen LogP contribution in [0.5, 0.6) is 5.75 Å². The van der Waals surface area contributed by atoms with Crippen molar-refractivity contribution in [3.05, 3.63) is 83.9 Å². The van der Waals surface area contributed by atoms with Crippen molar-refractivity contribution >= 4 is 17.3 Å². The van der Waals surface area contributed by atoms with Gasteiger partial charge >= 0.3 is 0 Å². The predicted octanol–water partition coefficient (Wildman–Crippen LogP) is 4.29. The van der Waals surface area contributed by atoms with Crippen molar-refractivity contribution < 1.29 is 13.9 Å². The van der Waals surface area contributed by atoms with E-state index >= 15 is 0 Å². The van der Waals surface area contributed by atoms with E-state index in [0.717, 1.165) is 22.7 Å². The number of carbonyl (C=O) groups is 1. The number of benzene rings is 2. The first-order chi connectivity index (χ1) is 13.1. The molecule has 0 aliphatic heterocycles. The van der Waals surface area contributed by atoms with Crippen molar-refractivity contribution in [1.29, 1.82) is 0 Å². The molecule has 1 amide bonds. The van der Waals surface area contributed by atoms with E-state index in [1.54, 1.807) is 30.5 Å². The summed E-state index contributed by atoms with van der Waals surface area (Å²) >= 11 is 0. The van der Waals surface area contributed by atoms with Gasteiger partial charge < -0.3 is 15.4 Å². The number of carbonyl (C=O) groups excluding carboxylic acids is 1. The molecule has 5 nitrogen and oxygen atoms in total. The largest absolute Gasteiger partial charge is 0.494 e. The molecule has 2 aromatic carbocycles. The van der Waals surface area contributed by atoms with Crippen LogP contribution >= 0.6 is 0 Å². The third-order valence-electron chi connectivity index (χ3n) is 3.81. The van der Waals surface area contributed by atoms with Crippen LogP contribution in [0.3, 0.4) is 0 Å². The number of nitrogens with zero attached hydrogens (tertiary/aromatic N) is 1. The van der Waals surface area contributed by atoms with Crippen molar-refractivity contribution in [1.82, 2.24) is 10.3 Å². The third kappa shape index (κ3) is 5.28. The highest BCUT2D eigenvalue weighted by Gasteiger charge is 2.08. The molecule has 6 heteroatoms. The van der Waals surface area contributed by atoms with Gasteiger partial charge in [-0.2, -0.15) is 0 Å². The summed E-state index contributed by atoms with van der Waals surface area (Å²) in [5, 5.41) is 6.01. The third-order valence-corrected chi connectivity index (χ3v) is 3.81. The van der Waals surface area contributed by atoms with E-state index in [2.05, 4.69) is 15.6 Å². The normalized spacial score (nSPS) is 10.3. The van der Waals surface area contributed by atoms with Crippen LogP contribution < -0.4 is 15.4 Å². The second kappa shape index (κ2) is 8.80. The van der Waals surface area contributed by atoms with Gasteiger partial charge in [0.2, 0.25) is 0 Å². The first-order valence-corrected chi connectivity index (χ1v) is 8.62. The molecule has 3 aromatic rings. The minimum atomic E-state index is -0.306. The fraction of sp³-hybridized carbons (Fsp3) is 0.143. The Balaban J connectivity index is 1.62. The number of nitrogens with one attached hydrogen (secondary N) is 2. The van der Waals surface area contributed by atoms with Gasteiger partial charge in [0.05, 0.1) is 6.61 Å². The Labute approximate surface area is 157 Å². The van der Waals surface area contributed by atoms with Gasteiger partial charge in [0, 0.05) is 24.1 Å². The summed E-state index contributed by atoms with van der Waals surface area (Å²) in [4.78, 5) is 16.4. The molecule has 0 spiro atoms. The van der Waals surface area contributed by atoms with Gasteiger partial charge in [0.1, 0.15) is 17.3 Å². The lowest BCUT2D eigenvalue weighted by molar-refractivity contribution is 0.0946. The Bertz CT molecular complexity index is 896. The molecular weight excluding hydrogens is 345 g/mol. The number of rotatable bonds is 7. The summed E-state index contributed by atoms with van der Waals surface area (Å²) in [5.41, 5.74) is 2.74. The maximum atomic E-state index is 12.9. The molecule has 0 aliphatic carbocycles. The van der Waals surface area contributed by atoms with Crippen molar-refractivity contribution in [2.45, 2.75) is 13.5 Å². The molecule has 138 valence electrons. The Hall–Kier alpha value is -3.41. The SMILES string of the molecule is CCOc1ccc(Nc2ccnc(C(=O)NCc3ccc(F)cc3)c2)cc1. The first-order valence-electron chi connectivity index (χ1n) is 8.62. The van der Waals surface area contributed by atoms with Gasteiger partial charge in [-0.1, -0.05) is 12.1 Å². The Morgan fingerprint density at radius 2 is 1.78 bits per heavy atom. The summed E-state index contributed by atoms with van der Waals surface area (Å²) in [5.74, 6) is 0.202. The standard InChI is InChI=1S/C21H20FN3O2/c1-2-27-19-9-7-17(8-10-19)25-18-11-12-23-20(13-18)21(26)24-14-15-3-5-16(22)6-4-15/h3-13H,2,14H2,1H3,(H,23,25)(H,24,26). The molecule has 0 bridgehead atoms. The summed E-state index contributed by atoms with van der Waals surface area (Å²) < 4.78 is 18.3. The first kappa shape index (κ1) is 18.4. The van der Waals surface area contributed by atoms with Crippen LogP contribution in [0.15, 0.2) is 66.9 Å². The van der Waals surface area contributed by atoms with Crippen LogP contribution in [0, 0.1) is 5.82 Å². The van der Waals surface area contributed by atoms with Crippen LogP contribution in [0.4, 0.5) is 15.8 Å². The van der Waals surface area contributed by atoms with E-state index in [9.17, 15) is 9.18 Å². The molecule has 0 saturated carbocycles. The van der Waals surface area contributed by atoms with Gasteiger partial charge in [-0.05, 0) is 61.0 Å². The lowest BCUT2D eigenvalue weighted by atomic mass is 10.2. The molecule has 0 aliphatic rings. The molecule has 0 saturated heterocycles. The average molecular weight is 365 g/mol. The zero-order valence-corrected chi connectivity index (χ0v) is 14.9. The van der Waals surface area contributed by atoms with Gasteiger partial charge in [-0.15, -0.1) is 0 Å². The topological polar surface area (TPSA) is 63.2 Å². The number of hydrogen-bond donors (Lipinski definition) is 2. The summed E-state index contributed by atoms with van der Waals surface area (Å²) in [7, 11) is 0. The van der Waals surface area contributed by atoms with E-state index in [1.165, 1.54) is 12.1 Å². The average Bonchev–Trinajstić information content (AvgIpc) is 2.69. The fourth-order valence-corrected chi connectivity index (χ4v) is 2.48. The summed E-state index contributed by atoms with van der Waals surface area (Å²) in [6.07, 6.45) is 1.57. The molecule has 0 atom stereocenters. The Kier molecular flexibility index (Phi) is 5.99. The Morgan fingerprint density at radius 1 is 1.04 bits per heavy atom. The van der Waals surface area contributed by atoms with Crippen LogP contribution in [-0.4, -0.2) is 17.5 Å². The van der Waals surface area contributed by atoms with E-state index in [1.807, 2.05) is 31.2 Å². The van der Waals surface area contributed by atoms with Crippen molar-refractivity contribution in [3.8, 4) is 5.75 Å². The van der Waals surface area contributed by atoms with E-state index in [-0.39, 0.29) is 11.7 Å². The maximum absolute atomic E-state index is 12.9. The van der Waals surface area contributed by atoms with E-state index in [0.29, 0.717) is 18.8 Å². The molecule has 27 heavy (non-hydrogen) atoms. The Morgan fingerprint density at radius 3 is 2.48 bits per heavy atom. The number of aromatic nitrogens is 1. The van der Waals surface area contributed by atoms with E-state index < -0.39 is 0 Å². The van der Waals surface area contributed by atoms with Crippen LogP contribution in [0.2, 0.25) is 0 Å². The molecule has 3 rings (SSSR count). The van der Waals surface area contributed by atoms with Gasteiger partial charge in [-0.3, -0.25) is 9.78 Å². The van der Waals surface area contributed by atoms with Crippen molar-refractivity contribution in [2.75, 3.05) is 11.9 Å². The van der Waals surface area contributed by atoms with Gasteiger partial charge in [-0.25, -0.2) is 4.39 Å². The second-order valence-corrected chi connectivity index (χ2v) is 5.82. The number of pyridine rings is 1. The lowest BCUT2D eigenvalue weighted by Gasteiger charge is -2.10. The number of halogens is 1. The molecule has 1 aromatic heterocycles. The van der Waals surface area contributed by atoms with Gasteiger partial charge in [0.25, 0.3) is 5.91 Å². The maximum Gasteiger partial charge on any atom is 0.270 e. The van der Waals surface area contributed by atoms with E-state index in [4.69, 9.17) is 4.74 Å². The number of anilines is 2. The number of hydrogen-bond acceptors (Lipinski definition) is 4. The molecule has 0 radical (unpaired) electrons. The van der Waals surface area contributed by atoms with Crippen LogP contribution in [0.1, 0.15) is 23.0 Å². The fourth-order valence-electron chi connectivity index (χ4n) is 2.48. The quantitative estimate of drug-likeness (QED) is 0.655. The smallest absolute Gasteiger partial charge is 0.270 e. The van der Waals surface area contributed by atoms with Crippen molar-refractivity contribution in [2.24, 2.45) is 0 Å². The number of ether oxygens (including phenoxy) is 1. The minimum Gasteiger partial charge on any atom is -0.494 e. The molecular formula is C21H20FN3O2. The monoisotopic (exact) mass is 365 g/mol. The van der Waals surface area contributed by atoms with Crippen molar-refractivity contribution in [3.63, 3.8) is 0 Å². The second-order valence-electron chi connectivity index (χ2n) is 5.82. The minimum absolute atomic E-state index is 0.297. The lowest BCUT2D eigenvalue weighted by Crippen LogP contribution is -2.23. The predicted molar refractivity (Wildman–Crippen MR) is 103 cm³/mol. The molecule has 2 N–H and O–H groups in total. The number of amides is 1. The highest BCUT2D eigenvalue weighted by atomic mass is 19.1. The van der Waals surface area contributed by atoms with Crippen LogP contribution in [0.25, 0.3) is 0 Å². The van der Waals surface area contributed by atoms with Gasteiger partial charge in [0.15, 0.2) is 0 Å².